The number of thiophene rings is 1. The van der Waals surface area contributed by atoms with Crippen molar-refractivity contribution in [1.82, 2.24) is 15.2 Å². The van der Waals surface area contributed by atoms with Crippen molar-refractivity contribution < 1.29 is 9.53 Å². The highest BCUT2D eigenvalue weighted by molar-refractivity contribution is 7.12. The zero-order valence-electron chi connectivity index (χ0n) is 9.21. The van der Waals surface area contributed by atoms with Gasteiger partial charge in [-0.05, 0) is 11.4 Å². The number of rotatable bonds is 4. The van der Waals surface area contributed by atoms with Gasteiger partial charge in [0.25, 0.3) is 5.91 Å². The Labute approximate surface area is 102 Å². The third-order valence-electron chi connectivity index (χ3n) is 2.16. The first-order valence-electron chi connectivity index (χ1n) is 4.89. The van der Waals surface area contributed by atoms with Crippen molar-refractivity contribution in [3.8, 4) is 5.75 Å². The molecule has 17 heavy (non-hydrogen) atoms. The summed E-state index contributed by atoms with van der Waals surface area (Å²) in [4.78, 5) is 12.0. The molecule has 0 radical (unpaired) electrons. The van der Waals surface area contributed by atoms with E-state index in [-0.39, 0.29) is 5.91 Å². The van der Waals surface area contributed by atoms with Crippen molar-refractivity contribution >= 4 is 17.2 Å². The Hall–Kier alpha value is -1.86. The fourth-order valence-corrected chi connectivity index (χ4v) is 2.16. The summed E-state index contributed by atoms with van der Waals surface area (Å²) >= 11 is 1.33. The minimum atomic E-state index is -0.301. The lowest BCUT2D eigenvalue weighted by Gasteiger charge is -2.04. The van der Waals surface area contributed by atoms with Crippen molar-refractivity contribution in [2.75, 3.05) is 0 Å². The Kier molecular flexibility index (Phi) is 3.40. The molecule has 7 heteroatoms. The second-order valence-corrected chi connectivity index (χ2v) is 4.30. The number of aryl methyl sites for hydroxylation is 1. The summed E-state index contributed by atoms with van der Waals surface area (Å²) in [6.45, 7) is 0.317. The summed E-state index contributed by atoms with van der Waals surface area (Å²) in [6, 6.07) is 1.84. The van der Waals surface area contributed by atoms with Crippen LogP contribution in [0.3, 0.4) is 0 Å². The highest BCUT2D eigenvalue weighted by atomic mass is 32.1. The molecule has 0 unspecified atom stereocenters. The predicted molar refractivity (Wildman–Crippen MR) is 63.5 cm³/mol. The number of nitrogens with two attached hydrogens (primary N) is 1. The van der Waals surface area contributed by atoms with Crippen LogP contribution in [0.1, 0.15) is 15.2 Å². The fraction of sp³-hybridized carbons (Fsp3) is 0.200. The minimum Gasteiger partial charge on any atom is -0.486 e. The van der Waals surface area contributed by atoms with Crippen LogP contribution in [0.4, 0.5) is 0 Å². The van der Waals surface area contributed by atoms with Gasteiger partial charge in [0.1, 0.15) is 6.61 Å². The Morgan fingerprint density at radius 2 is 2.53 bits per heavy atom. The molecule has 3 N–H and O–H groups in total. The first-order chi connectivity index (χ1) is 8.20. The number of aromatic nitrogens is 2. The van der Waals surface area contributed by atoms with Gasteiger partial charge in [-0.1, -0.05) is 0 Å². The maximum absolute atomic E-state index is 11.4. The van der Waals surface area contributed by atoms with Gasteiger partial charge < -0.3 is 4.74 Å². The van der Waals surface area contributed by atoms with Crippen LogP contribution in [0.25, 0.3) is 0 Å². The number of hydrazine groups is 1. The monoisotopic (exact) mass is 252 g/mol. The molecule has 90 valence electrons. The van der Waals surface area contributed by atoms with E-state index in [1.807, 2.05) is 18.5 Å². The van der Waals surface area contributed by atoms with Gasteiger partial charge >= 0.3 is 0 Å². The summed E-state index contributed by atoms with van der Waals surface area (Å²) < 4.78 is 7.16. The van der Waals surface area contributed by atoms with Gasteiger partial charge in [0.2, 0.25) is 0 Å². The first kappa shape index (κ1) is 11.6. The van der Waals surface area contributed by atoms with E-state index in [9.17, 15) is 4.79 Å². The number of nitrogens with zero attached hydrogens (tertiary/aromatic N) is 2. The highest BCUT2D eigenvalue weighted by Crippen LogP contribution is 2.19. The van der Waals surface area contributed by atoms with Crippen molar-refractivity contribution in [3.05, 3.63) is 34.3 Å². The SMILES string of the molecule is Cn1cc(OCc2ccsc2C(=O)NN)cn1. The molecular weight excluding hydrogens is 240 g/mol. The summed E-state index contributed by atoms with van der Waals surface area (Å²) in [5.41, 5.74) is 2.92. The lowest BCUT2D eigenvalue weighted by Crippen LogP contribution is -2.30. The van der Waals surface area contributed by atoms with E-state index in [4.69, 9.17) is 10.6 Å². The number of hydrogen-bond acceptors (Lipinski definition) is 5. The summed E-state index contributed by atoms with van der Waals surface area (Å²) in [7, 11) is 1.81. The molecule has 0 aliphatic rings. The summed E-state index contributed by atoms with van der Waals surface area (Å²) in [6.07, 6.45) is 3.38. The maximum Gasteiger partial charge on any atom is 0.275 e. The van der Waals surface area contributed by atoms with E-state index in [1.165, 1.54) is 11.3 Å². The average Bonchev–Trinajstić information content (AvgIpc) is 2.94. The molecule has 0 bridgehead atoms. The van der Waals surface area contributed by atoms with Crippen LogP contribution in [0.15, 0.2) is 23.8 Å². The molecular formula is C10H12N4O2S. The quantitative estimate of drug-likeness (QED) is 0.476. The van der Waals surface area contributed by atoms with Crippen LogP contribution >= 0.6 is 11.3 Å². The molecule has 0 aliphatic heterocycles. The number of amides is 1. The molecule has 0 spiro atoms. The Morgan fingerprint density at radius 3 is 3.18 bits per heavy atom. The standard InChI is InChI=1S/C10H12N4O2S/c1-14-5-8(4-12-14)16-6-7-2-3-17-9(7)10(15)13-11/h2-5H,6,11H2,1H3,(H,13,15). The van der Waals surface area contributed by atoms with Gasteiger partial charge in [0.15, 0.2) is 5.75 Å². The summed E-state index contributed by atoms with van der Waals surface area (Å²) in [5, 5.41) is 5.81. The Morgan fingerprint density at radius 1 is 1.71 bits per heavy atom. The highest BCUT2D eigenvalue weighted by Gasteiger charge is 2.12. The molecule has 0 fully saturated rings. The Balaban J connectivity index is 2.04. The molecule has 2 aromatic heterocycles. The van der Waals surface area contributed by atoms with E-state index in [1.54, 1.807) is 17.1 Å². The molecule has 0 aromatic carbocycles. The number of carbonyl (C=O) groups is 1. The van der Waals surface area contributed by atoms with E-state index in [0.29, 0.717) is 17.2 Å². The molecule has 1 amide bonds. The number of nitrogens with one attached hydrogen (secondary N) is 1. The van der Waals surface area contributed by atoms with Crippen molar-refractivity contribution in [2.24, 2.45) is 12.9 Å². The first-order valence-corrected chi connectivity index (χ1v) is 5.77. The molecule has 2 aromatic rings. The third-order valence-corrected chi connectivity index (χ3v) is 3.12. The molecule has 0 atom stereocenters. The predicted octanol–water partition coefficient (Wildman–Crippen LogP) is 0.664. The van der Waals surface area contributed by atoms with Gasteiger partial charge in [-0.25, -0.2) is 5.84 Å². The van der Waals surface area contributed by atoms with Gasteiger partial charge in [-0.2, -0.15) is 5.10 Å². The van der Waals surface area contributed by atoms with Crippen molar-refractivity contribution in [1.29, 1.82) is 0 Å². The van der Waals surface area contributed by atoms with Crippen molar-refractivity contribution in [2.45, 2.75) is 6.61 Å². The number of ether oxygens (including phenoxy) is 1. The lowest BCUT2D eigenvalue weighted by molar-refractivity contribution is 0.0955. The van der Waals surface area contributed by atoms with Crippen LogP contribution < -0.4 is 16.0 Å². The van der Waals surface area contributed by atoms with Gasteiger partial charge in [0, 0.05) is 12.6 Å². The van der Waals surface area contributed by atoms with Crippen molar-refractivity contribution in [3.63, 3.8) is 0 Å². The van der Waals surface area contributed by atoms with Crippen LogP contribution in [0.5, 0.6) is 5.75 Å². The van der Waals surface area contributed by atoms with Crippen LogP contribution in [-0.4, -0.2) is 15.7 Å². The second kappa shape index (κ2) is 4.98. The normalized spacial score (nSPS) is 10.2. The number of nitrogen functional groups attached to an aromatic ring is 1. The summed E-state index contributed by atoms with van der Waals surface area (Å²) in [5.74, 6) is 5.46. The molecule has 6 nitrogen and oxygen atoms in total. The molecule has 0 saturated carbocycles. The zero-order valence-corrected chi connectivity index (χ0v) is 10.0. The Bertz CT molecular complexity index is 520. The number of carbonyl (C=O) groups excluding carboxylic acids is 1. The molecule has 0 saturated heterocycles. The topological polar surface area (TPSA) is 82.2 Å². The van der Waals surface area contributed by atoms with Gasteiger partial charge in [-0.15, -0.1) is 11.3 Å². The van der Waals surface area contributed by atoms with Gasteiger partial charge in [-0.3, -0.25) is 14.9 Å². The number of hydrogen-bond donors (Lipinski definition) is 2. The van der Waals surface area contributed by atoms with Crippen LogP contribution in [0.2, 0.25) is 0 Å². The van der Waals surface area contributed by atoms with E-state index in [0.717, 1.165) is 5.56 Å². The lowest BCUT2D eigenvalue weighted by atomic mass is 10.2. The molecule has 0 aliphatic carbocycles. The van der Waals surface area contributed by atoms with Crippen LogP contribution in [-0.2, 0) is 13.7 Å². The largest absolute Gasteiger partial charge is 0.486 e. The minimum absolute atomic E-state index is 0.301. The average molecular weight is 252 g/mol. The van der Waals surface area contributed by atoms with E-state index in [2.05, 4.69) is 10.5 Å². The second-order valence-electron chi connectivity index (χ2n) is 3.39. The smallest absolute Gasteiger partial charge is 0.275 e. The third kappa shape index (κ3) is 2.63. The molecule has 2 rings (SSSR count). The zero-order chi connectivity index (χ0) is 12.3. The molecule has 2 heterocycles. The van der Waals surface area contributed by atoms with E-state index >= 15 is 0 Å². The van der Waals surface area contributed by atoms with E-state index < -0.39 is 0 Å². The van der Waals surface area contributed by atoms with Gasteiger partial charge in [0.05, 0.1) is 17.3 Å². The maximum atomic E-state index is 11.4. The van der Waals surface area contributed by atoms with Crippen LogP contribution in [0, 0.1) is 0 Å². The fourth-order valence-electron chi connectivity index (χ4n) is 1.35.